The molecule has 8 heteroatoms. The monoisotopic (exact) mass is 549 g/mol. The van der Waals surface area contributed by atoms with Crippen molar-refractivity contribution in [2.24, 2.45) is 5.41 Å². The van der Waals surface area contributed by atoms with Crippen LogP contribution in [-0.2, 0) is 4.79 Å². The summed E-state index contributed by atoms with van der Waals surface area (Å²) in [6.07, 6.45) is 2.45. The normalized spacial score (nSPS) is 20.8. The Labute approximate surface area is 239 Å². The van der Waals surface area contributed by atoms with Crippen molar-refractivity contribution >= 4 is 28.6 Å². The van der Waals surface area contributed by atoms with Gasteiger partial charge < -0.3 is 20.1 Å². The Morgan fingerprint density at radius 2 is 1.71 bits per heavy atom. The van der Waals surface area contributed by atoms with Crippen LogP contribution in [-0.4, -0.2) is 68.2 Å². The molecule has 2 aliphatic heterocycles. The molecule has 0 spiro atoms. The number of fused-ring (bicyclic) bond motifs is 3. The highest BCUT2D eigenvalue weighted by atomic mass is 16.2. The summed E-state index contributed by atoms with van der Waals surface area (Å²) in [5, 5.41) is 3.95. The van der Waals surface area contributed by atoms with E-state index >= 15 is 0 Å². The summed E-state index contributed by atoms with van der Waals surface area (Å²) in [5.74, 6) is -0.538. The molecule has 2 aromatic carbocycles. The average molecular weight is 550 g/mol. The lowest BCUT2D eigenvalue weighted by Gasteiger charge is -2.42. The summed E-state index contributed by atoms with van der Waals surface area (Å²) in [6, 6.07) is 22.1. The maximum absolute atomic E-state index is 14.0. The number of para-hydroxylation sites is 1. The molecule has 4 heterocycles. The lowest BCUT2D eigenvalue weighted by Crippen LogP contribution is -2.61. The van der Waals surface area contributed by atoms with Crippen LogP contribution in [0.5, 0.6) is 0 Å². The number of carbonyl (C=O) groups excluding carboxylic acids is 3. The maximum Gasteiger partial charge on any atom is 0.273 e. The van der Waals surface area contributed by atoms with Gasteiger partial charge in [-0.3, -0.25) is 19.4 Å². The molecule has 2 saturated heterocycles. The molecule has 4 aromatic rings. The van der Waals surface area contributed by atoms with E-state index in [-0.39, 0.29) is 35.8 Å². The van der Waals surface area contributed by atoms with E-state index in [4.69, 9.17) is 0 Å². The van der Waals surface area contributed by atoms with Crippen LogP contribution in [0, 0.1) is 5.41 Å². The van der Waals surface area contributed by atoms with Gasteiger partial charge in [-0.2, -0.15) is 0 Å². The molecule has 2 fully saturated rings. The highest BCUT2D eigenvalue weighted by Gasteiger charge is 2.53. The predicted octanol–water partition coefficient (Wildman–Crippen LogP) is 4.89. The molecule has 0 saturated carbocycles. The molecule has 6 rings (SSSR count). The first-order valence-corrected chi connectivity index (χ1v) is 14.1. The molecular weight excluding hydrogens is 514 g/mol. The molecule has 0 radical (unpaired) electrons. The van der Waals surface area contributed by atoms with Gasteiger partial charge in [-0.25, -0.2) is 0 Å². The quantitative estimate of drug-likeness (QED) is 0.370. The van der Waals surface area contributed by atoms with Crippen LogP contribution >= 0.6 is 0 Å². The van der Waals surface area contributed by atoms with Crippen LogP contribution in [0.2, 0.25) is 0 Å². The third-order valence-electron chi connectivity index (χ3n) is 8.48. The van der Waals surface area contributed by atoms with Gasteiger partial charge in [0.15, 0.2) is 0 Å². The molecular formula is C33H35N5O3. The summed E-state index contributed by atoms with van der Waals surface area (Å²) in [4.78, 5) is 52.2. The Hall–Kier alpha value is -4.46. The SMILES string of the molecule is C[C@H]1C2C[C@@H](CN2C(=O)[C@@H](NC(=O)c2cc3ccccc3[nH]2)C(C)(C)C)N1C(=O)c1ccc(-c2ccccc2)cn1. The maximum atomic E-state index is 14.0. The van der Waals surface area contributed by atoms with E-state index in [1.165, 1.54) is 0 Å². The molecule has 41 heavy (non-hydrogen) atoms. The summed E-state index contributed by atoms with van der Waals surface area (Å²) < 4.78 is 0. The van der Waals surface area contributed by atoms with Crippen LogP contribution in [0.1, 0.15) is 55.1 Å². The van der Waals surface area contributed by atoms with Crippen molar-refractivity contribution in [3.8, 4) is 11.1 Å². The van der Waals surface area contributed by atoms with Crippen LogP contribution < -0.4 is 5.32 Å². The molecule has 8 nitrogen and oxygen atoms in total. The van der Waals surface area contributed by atoms with Crippen molar-refractivity contribution in [1.82, 2.24) is 25.1 Å². The van der Waals surface area contributed by atoms with Gasteiger partial charge in [0, 0.05) is 29.2 Å². The fraction of sp³-hybridized carbons (Fsp3) is 0.333. The van der Waals surface area contributed by atoms with Crippen LogP contribution in [0.15, 0.2) is 79.0 Å². The van der Waals surface area contributed by atoms with E-state index in [0.717, 1.165) is 22.0 Å². The van der Waals surface area contributed by atoms with Crippen molar-refractivity contribution in [2.75, 3.05) is 6.54 Å². The third kappa shape index (κ3) is 4.88. The molecule has 2 N–H and O–H groups in total. The van der Waals surface area contributed by atoms with Gasteiger partial charge >= 0.3 is 0 Å². The predicted molar refractivity (Wildman–Crippen MR) is 158 cm³/mol. The van der Waals surface area contributed by atoms with Crippen molar-refractivity contribution < 1.29 is 14.4 Å². The number of H-pyrrole nitrogens is 1. The minimum absolute atomic E-state index is 0.0907. The first kappa shape index (κ1) is 26.7. The van der Waals surface area contributed by atoms with E-state index in [9.17, 15) is 14.4 Å². The minimum atomic E-state index is -0.718. The molecule has 1 unspecified atom stereocenters. The summed E-state index contributed by atoms with van der Waals surface area (Å²) >= 11 is 0. The number of hydrogen-bond acceptors (Lipinski definition) is 4. The lowest BCUT2D eigenvalue weighted by atomic mass is 9.85. The number of piperazine rings is 1. The van der Waals surface area contributed by atoms with Crippen LogP contribution in [0.3, 0.4) is 0 Å². The van der Waals surface area contributed by atoms with E-state index in [0.29, 0.717) is 24.4 Å². The first-order chi connectivity index (χ1) is 19.6. The molecule has 2 aromatic heterocycles. The van der Waals surface area contributed by atoms with Gasteiger partial charge in [0.25, 0.3) is 11.8 Å². The van der Waals surface area contributed by atoms with Crippen LogP contribution in [0.4, 0.5) is 0 Å². The standard InChI is InChI=1S/C33H35N5O3/c1-20-28-17-24(38(20)31(40)26-15-14-23(18-34-26)21-10-6-5-7-11-21)19-37(28)32(41)29(33(2,3)4)36-30(39)27-16-22-12-8-9-13-25(22)35-27/h5-16,18,20,24,28-29,35H,17,19H2,1-4H3,(H,36,39)/t20-,24-,28?,29+/m0/s1. The van der Waals surface area contributed by atoms with Crippen molar-refractivity contribution in [2.45, 2.75) is 58.3 Å². The Bertz CT molecular complexity index is 1570. The molecule has 3 amide bonds. The van der Waals surface area contributed by atoms with Gasteiger partial charge in [0.2, 0.25) is 5.91 Å². The zero-order valence-corrected chi connectivity index (χ0v) is 23.8. The Balaban J connectivity index is 1.16. The molecule has 2 aliphatic rings. The summed E-state index contributed by atoms with van der Waals surface area (Å²) in [5.41, 5.74) is 3.19. The smallest absolute Gasteiger partial charge is 0.273 e. The number of nitrogens with one attached hydrogen (secondary N) is 2. The third-order valence-corrected chi connectivity index (χ3v) is 8.48. The van der Waals surface area contributed by atoms with E-state index in [2.05, 4.69) is 15.3 Å². The number of nitrogens with zero attached hydrogens (tertiary/aromatic N) is 3. The minimum Gasteiger partial charge on any atom is -0.351 e. The van der Waals surface area contributed by atoms with Gasteiger partial charge in [0.05, 0.1) is 18.1 Å². The van der Waals surface area contributed by atoms with E-state index in [1.54, 1.807) is 18.3 Å². The number of aromatic amines is 1. The summed E-state index contributed by atoms with van der Waals surface area (Å²) in [7, 11) is 0. The summed E-state index contributed by atoms with van der Waals surface area (Å²) in [6.45, 7) is 8.31. The number of amides is 3. The van der Waals surface area contributed by atoms with Gasteiger partial charge in [0.1, 0.15) is 17.4 Å². The van der Waals surface area contributed by atoms with E-state index in [1.807, 2.05) is 98.2 Å². The topological polar surface area (TPSA) is 98.4 Å². The second-order valence-corrected chi connectivity index (χ2v) is 12.2. The highest BCUT2D eigenvalue weighted by Crippen LogP contribution is 2.38. The Kier molecular flexibility index (Phi) is 6.64. The second kappa shape index (κ2) is 10.2. The lowest BCUT2D eigenvalue weighted by molar-refractivity contribution is -0.139. The number of benzene rings is 2. The molecule has 0 aliphatic carbocycles. The number of hydrogen-bond donors (Lipinski definition) is 2. The highest BCUT2D eigenvalue weighted by molar-refractivity contribution is 6.00. The average Bonchev–Trinajstić information content (AvgIpc) is 3.68. The second-order valence-electron chi connectivity index (χ2n) is 12.2. The molecule has 4 atom stereocenters. The van der Waals surface area contributed by atoms with Gasteiger partial charge in [-0.05, 0) is 42.5 Å². The molecule has 210 valence electrons. The van der Waals surface area contributed by atoms with Crippen molar-refractivity contribution in [1.29, 1.82) is 0 Å². The largest absolute Gasteiger partial charge is 0.351 e. The first-order valence-electron chi connectivity index (χ1n) is 14.1. The number of likely N-dealkylation sites (tertiary alicyclic amines) is 2. The Morgan fingerprint density at radius 1 is 0.976 bits per heavy atom. The zero-order valence-electron chi connectivity index (χ0n) is 23.8. The molecule has 2 bridgehead atoms. The van der Waals surface area contributed by atoms with Crippen molar-refractivity contribution in [3.05, 3.63) is 90.4 Å². The Morgan fingerprint density at radius 3 is 2.37 bits per heavy atom. The fourth-order valence-electron chi connectivity index (χ4n) is 6.30. The number of rotatable bonds is 5. The van der Waals surface area contributed by atoms with Gasteiger partial charge in [-0.1, -0.05) is 75.4 Å². The number of carbonyl (C=O) groups is 3. The zero-order chi connectivity index (χ0) is 28.9. The number of pyridine rings is 1. The van der Waals surface area contributed by atoms with Gasteiger partial charge in [-0.15, -0.1) is 0 Å². The van der Waals surface area contributed by atoms with Crippen LogP contribution in [0.25, 0.3) is 22.0 Å². The van der Waals surface area contributed by atoms with Crippen molar-refractivity contribution in [3.63, 3.8) is 0 Å². The van der Waals surface area contributed by atoms with E-state index < -0.39 is 11.5 Å². The fourth-order valence-corrected chi connectivity index (χ4v) is 6.30. The number of aromatic nitrogens is 2.